The van der Waals surface area contributed by atoms with Crippen molar-refractivity contribution in [2.45, 2.75) is 45.1 Å². The molecule has 2 heterocycles. The van der Waals surface area contributed by atoms with Gasteiger partial charge in [-0.1, -0.05) is 6.42 Å². The molecule has 5 heteroatoms. The maximum absolute atomic E-state index is 12.4. The average Bonchev–Trinajstić information content (AvgIpc) is 2.49. The van der Waals surface area contributed by atoms with E-state index in [9.17, 15) is 4.79 Å². The van der Waals surface area contributed by atoms with Crippen LogP contribution in [0.4, 0.5) is 0 Å². The van der Waals surface area contributed by atoms with Crippen LogP contribution >= 0.6 is 0 Å². The summed E-state index contributed by atoms with van der Waals surface area (Å²) in [6.45, 7) is 6.83. The predicted octanol–water partition coefficient (Wildman–Crippen LogP) is 0.733. The summed E-state index contributed by atoms with van der Waals surface area (Å²) < 4.78 is 5.35. The van der Waals surface area contributed by atoms with Gasteiger partial charge in [0.15, 0.2) is 0 Å². The van der Waals surface area contributed by atoms with Gasteiger partial charge in [0.25, 0.3) is 0 Å². The number of nitrogens with one attached hydrogen (secondary N) is 1. The van der Waals surface area contributed by atoms with Crippen LogP contribution in [0, 0.1) is 5.41 Å². The number of likely N-dealkylation sites (tertiary alicyclic amines) is 1. The van der Waals surface area contributed by atoms with Crippen molar-refractivity contribution < 1.29 is 9.53 Å². The Kier molecular flexibility index (Phi) is 5.81. The first kappa shape index (κ1) is 15.7. The van der Waals surface area contributed by atoms with E-state index in [1.54, 1.807) is 0 Å². The van der Waals surface area contributed by atoms with Crippen molar-refractivity contribution in [1.82, 2.24) is 10.2 Å². The van der Waals surface area contributed by atoms with Gasteiger partial charge < -0.3 is 15.8 Å². The smallest absolute Gasteiger partial charge is 0.227 e. The van der Waals surface area contributed by atoms with E-state index < -0.39 is 5.41 Å². The van der Waals surface area contributed by atoms with Gasteiger partial charge >= 0.3 is 0 Å². The fraction of sp³-hybridized carbons (Fsp3) is 0.933. The molecule has 20 heavy (non-hydrogen) atoms. The number of carbonyl (C=O) groups is 1. The molecular formula is C15H29N3O2. The summed E-state index contributed by atoms with van der Waals surface area (Å²) in [6.07, 6.45) is 5.38. The van der Waals surface area contributed by atoms with Crippen LogP contribution in [-0.2, 0) is 9.53 Å². The number of hydrogen-bond acceptors (Lipinski definition) is 4. The quantitative estimate of drug-likeness (QED) is 0.780. The largest absolute Gasteiger partial charge is 0.381 e. The van der Waals surface area contributed by atoms with Crippen LogP contribution in [0.15, 0.2) is 0 Å². The Morgan fingerprint density at radius 1 is 1.40 bits per heavy atom. The highest BCUT2D eigenvalue weighted by Crippen LogP contribution is 2.29. The van der Waals surface area contributed by atoms with Crippen LogP contribution < -0.4 is 11.1 Å². The lowest BCUT2D eigenvalue weighted by Gasteiger charge is -2.36. The molecule has 0 saturated carbocycles. The second-order valence-corrected chi connectivity index (χ2v) is 6.23. The number of carbonyl (C=O) groups excluding carboxylic acids is 1. The molecule has 0 aliphatic carbocycles. The second kappa shape index (κ2) is 7.38. The van der Waals surface area contributed by atoms with Crippen LogP contribution in [0.25, 0.3) is 0 Å². The molecule has 1 unspecified atom stereocenters. The summed E-state index contributed by atoms with van der Waals surface area (Å²) in [5, 5.41) is 3.10. The molecule has 2 rings (SSSR count). The molecule has 0 bridgehead atoms. The van der Waals surface area contributed by atoms with Crippen molar-refractivity contribution in [2.75, 3.05) is 39.4 Å². The van der Waals surface area contributed by atoms with E-state index in [2.05, 4.69) is 17.1 Å². The van der Waals surface area contributed by atoms with E-state index in [0.29, 0.717) is 25.8 Å². The lowest BCUT2D eigenvalue weighted by molar-refractivity contribution is -0.136. The van der Waals surface area contributed by atoms with Crippen molar-refractivity contribution in [2.24, 2.45) is 11.1 Å². The Labute approximate surface area is 122 Å². The number of nitrogens with zero attached hydrogens (tertiary/aromatic N) is 1. The van der Waals surface area contributed by atoms with Gasteiger partial charge in [0.05, 0.1) is 5.41 Å². The molecule has 3 N–H and O–H groups in total. The number of amides is 1. The first-order valence-electron chi connectivity index (χ1n) is 7.98. The zero-order chi connectivity index (χ0) is 14.4. The molecule has 0 aromatic heterocycles. The van der Waals surface area contributed by atoms with E-state index in [1.165, 1.54) is 19.3 Å². The molecule has 1 atom stereocenters. The minimum absolute atomic E-state index is 0.118. The zero-order valence-corrected chi connectivity index (χ0v) is 12.7. The van der Waals surface area contributed by atoms with Gasteiger partial charge in [0.1, 0.15) is 0 Å². The maximum atomic E-state index is 12.4. The summed E-state index contributed by atoms with van der Waals surface area (Å²) in [4.78, 5) is 14.9. The average molecular weight is 283 g/mol. The third kappa shape index (κ3) is 3.71. The molecule has 2 aliphatic rings. The first-order chi connectivity index (χ1) is 9.68. The first-order valence-corrected chi connectivity index (χ1v) is 7.98. The third-order valence-corrected chi connectivity index (χ3v) is 4.95. The number of piperidine rings is 1. The van der Waals surface area contributed by atoms with Gasteiger partial charge in [0, 0.05) is 38.9 Å². The molecule has 5 nitrogen and oxygen atoms in total. The van der Waals surface area contributed by atoms with Crippen LogP contribution in [0.5, 0.6) is 0 Å². The number of rotatable bonds is 5. The Morgan fingerprint density at radius 3 is 2.80 bits per heavy atom. The minimum atomic E-state index is -0.397. The Bertz CT molecular complexity index is 316. The minimum Gasteiger partial charge on any atom is -0.381 e. The molecule has 0 spiro atoms. The Morgan fingerprint density at radius 2 is 2.15 bits per heavy atom. The number of nitrogens with two attached hydrogens (primary N) is 1. The molecule has 0 radical (unpaired) electrons. The summed E-state index contributed by atoms with van der Waals surface area (Å²) in [6, 6.07) is 0.646. The SMILES string of the molecule is CC1CCCCN1CCNC(=O)C1(CN)CCOCC1. The van der Waals surface area contributed by atoms with Gasteiger partial charge in [-0.05, 0) is 39.2 Å². The monoisotopic (exact) mass is 283 g/mol. The zero-order valence-electron chi connectivity index (χ0n) is 12.7. The fourth-order valence-corrected chi connectivity index (χ4v) is 3.28. The summed E-state index contributed by atoms with van der Waals surface area (Å²) >= 11 is 0. The van der Waals surface area contributed by atoms with Crippen molar-refractivity contribution in [3.8, 4) is 0 Å². The van der Waals surface area contributed by atoms with Gasteiger partial charge in [-0.2, -0.15) is 0 Å². The topological polar surface area (TPSA) is 67.6 Å². The van der Waals surface area contributed by atoms with E-state index in [0.717, 1.165) is 32.5 Å². The van der Waals surface area contributed by atoms with Crippen LogP contribution in [0.1, 0.15) is 39.0 Å². The van der Waals surface area contributed by atoms with Crippen molar-refractivity contribution in [1.29, 1.82) is 0 Å². The normalized spacial score (nSPS) is 27.2. The molecule has 2 saturated heterocycles. The van der Waals surface area contributed by atoms with Gasteiger partial charge in [-0.15, -0.1) is 0 Å². The van der Waals surface area contributed by atoms with Crippen LogP contribution in [0.3, 0.4) is 0 Å². The lowest BCUT2D eigenvalue weighted by atomic mass is 9.79. The van der Waals surface area contributed by atoms with Gasteiger partial charge in [0.2, 0.25) is 5.91 Å². The highest BCUT2D eigenvalue weighted by molar-refractivity contribution is 5.83. The van der Waals surface area contributed by atoms with E-state index in [-0.39, 0.29) is 5.91 Å². The summed E-state index contributed by atoms with van der Waals surface area (Å²) in [5.74, 6) is 0.118. The number of ether oxygens (including phenoxy) is 1. The third-order valence-electron chi connectivity index (χ3n) is 4.95. The van der Waals surface area contributed by atoms with Crippen molar-refractivity contribution in [3.05, 3.63) is 0 Å². The van der Waals surface area contributed by atoms with E-state index in [1.807, 2.05) is 0 Å². The van der Waals surface area contributed by atoms with Gasteiger partial charge in [-0.3, -0.25) is 9.69 Å². The molecule has 1 amide bonds. The Hall–Kier alpha value is -0.650. The molecule has 2 aliphatic heterocycles. The fourth-order valence-electron chi connectivity index (χ4n) is 3.28. The molecule has 0 aromatic carbocycles. The van der Waals surface area contributed by atoms with Gasteiger partial charge in [-0.25, -0.2) is 0 Å². The van der Waals surface area contributed by atoms with E-state index >= 15 is 0 Å². The Balaban J connectivity index is 1.76. The van der Waals surface area contributed by atoms with E-state index in [4.69, 9.17) is 10.5 Å². The standard InChI is InChI=1S/C15H29N3O2/c1-13-4-2-3-8-18(13)9-7-17-14(19)15(12-16)5-10-20-11-6-15/h13H,2-12,16H2,1H3,(H,17,19). The number of hydrogen-bond donors (Lipinski definition) is 2. The van der Waals surface area contributed by atoms with Crippen molar-refractivity contribution >= 4 is 5.91 Å². The lowest BCUT2D eigenvalue weighted by Crippen LogP contribution is -2.51. The molecular weight excluding hydrogens is 254 g/mol. The molecule has 0 aromatic rings. The van der Waals surface area contributed by atoms with Crippen molar-refractivity contribution in [3.63, 3.8) is 0 Å². The maximum Gasteiger partial charge on any atom is 0.227 e. The van der Waals surface area contributed by atoms with Crippen LogP contribution in [0.2, 0.25) is 0 Å². The predicted molar refractivity (Wildman–Crippen MR) is 79.4 cm³/mol. The highest BCUT2D eigenvalue weighted by Gasteiger charge is 2.38. The summed E-state index contributed by atoms with van der Waals surface area (Å²) in [5.41, 5.74) is 5.45. The summed E-state index contributed by atoms with van der Waals surface area (Å²) in [7, 11) is 0. The highest BCUT2D eigenvalue weighted by atomic mass is 16.5. The molecule has 116 valence electrons. The second-order valence-electron chi connectivity index (χ2n) is 6.23. The molecule has 2 fully saturated rings. The van der Waals surface area contributed by atoms with Crippen LogP contribution in [-0.4, -0.2) is 56.2 Å².